The lowest BCUT2D eigenvalue weighted by molar-refractivity contribution is -0.383. The number of aromatic amines is 2. The second-order valence-electron chi connectivity index (χ2n) is 5.24. The summed E-state index contributed by atoms with van der Waals surface area (Å²) in [5.74, 6) is 0. The number of nitro groups is 1. The molecule has 25 heavy (non-hydrogen) atoms. The summed E-state index contributed by atoms with van der Waals surface area (Å²) in [6.45, 7) is 0. The van der Waals surface area contributed by atoms with Crippen LogP contribution in [-0.2, 0) is 0 Å². The van der Waals surface area contributed by atoms with Crippen molar-refractivity contribution in [2.75, 3.05) is 0 Å². The number of nitro benzene ring substituents is 1. The van der Waals surface area contributed by atoms with Gasteiger partial charge in [0.05, 0.1) is 21.5 Å². The zero-order valence-corrected chi connectivity index (χ0v) is 14.0. The van der Waals surface area contributed by atoms with E-state index in [1.54, 1.807) is 18.2 Å². The molecule has 2 aromatic heterocycles. The van der Waals surface area contributed by atoms with E-state index in [0.29, 0.717) is 20.6 Å². The molecule has 0 saturated carbocycles. The molecule has 0 fully saturated rings. The third kappa shape index (κ3) is 2.75. The van der Waals surface area contributed by atoms with Crippen molar-refractivity contribution >= 4 is 51.0 Å². The summed E-state index contributed by atoms with van der Waals surface area (Å²) in [6, 6.07) is 9.53. The second kappa shape index (κ2) is 5.91. The average Bonchev–Trinajstić information content (AvgIpc) is 2.96. The van der Waals surface area contributed by atoms with Gasteiger partial charge in [-0.25, -0.2) is 4.98 Å². The highest BCUT2D eigenvalue weighted by atomic mass is 35.5. The van der Waals surface area contributed by atoms with Gasteiger partial charge in [-0.05, 0) is 36.0 Å². The lowest BCUT2D eigenvalue weighted by atomic mass is 10.2. The minimum Gasteiger partial charge on any atom is -0.360 e. The summed E-state index contributed by atoms with van der Waals surface area (Å²) in [5.41, 5.74) is 1.32. The molecule has 9 heteroatoms. The Hall–Kier alpha value is -2.84. The number of aromatic nitrogens is 3. The topological polar surface area (TPSA) is 105 Å². The van der Waals surface area contributed by atoms with Gasteiger partial charge in [0.1, 0.15) is 5.39 Å². The quantitative estimate of drug-likeness (QED) is 0.415. The maximum absolute atomic E-state index is 12.1. The van der Waals surface area contributed by atoms with Crippen LogP contribution < -0.4 is 5.43 Å². The number of hydrogen-bond donors (Lipinski definition) is 2. The van der Waals surface area contributed by atoms with Gasteiger partial charge in [-0.1, -0.05) is 11.6 Å². The number of imidazole rings is 1. The zero-order chi connectivity index (χ0) is 17.6. The summed E-state index contributed by atoms with van der Waals surface area (Å²) < 4.78 is 0. The Balaban J connectivity index is 1.86. The fourth-order valence-corrected chi connectivity index (χ4v) is 3.67. The number of benzene rings is 2. The van der Waals surface area contributed by atoms with E-state index in [1.165, 1.54) is 30.1 Å². The molecule has 2 aromatic carbocycles. The Bertz CT molecular complexity index is 1200. The van der Waals surface area contributed by atoms with Crippen LogP contribution in [0.3, 0.4) is 0 Å². The lowest BCUT2D eigenvalue weighted by Gasteiger charge is -2.04. The lowest BCUT2D eigenvalue weighted by Crippen LogP contribution is -2.04. The highest BCUT2D eigenvalue weighted by molar-refractivity contribution is 7.99. The molecule has 0 unspecified atom stereocenters. The van der Waals surface area contributed by atoms with Gasteiger partial charge in [0.15, 0.2) is 10.6 Å². The molecule has 2 N–H and O–H groups in total. The summed E-state index contributed by atoms with van der Waals surface area (Å²) in [5, 5.41) is 12.4. The Kier molecular flexibility index (Phi) is 3.70. The van der Waals surface area contributed by atoms with E-state index >= 15 is 0 Å². The first kappa shape index (κ1) is 15.7. The van der Waals surface area contributed by atoms with Crippen molar-refractivity contribution in [2.45, 2.75) is 10.1 Å². The van der Waals surface area contributed by atoms with Crippen LogP contribution in [-0.4, -0.2) is 19.9 Å². The number of pyridine rings is 1. The summed E-state index contributed by atoms with van der Waals surface area (Å²) in [4.78, 5) is 34.0. The van der Waals surface area contributed by atoms with Crippen LogP contribution in [0.1, 0.15) is 0 Å². The molecule has 0 aliphatic rings. The molecule has 0 bridgehead atoms. The minimum atomic E-state index is -0.560. The van der Waals surface area contributed by atoms with Crippen LogP contribution in [0.2, 0.25) is 5.02 Å². The van der Waals surface area contributed by atoms with Crippen molar-refractivity contribution in [3.63, 3.8) is 0 Å². The molecular formula is C16H9ClN4O3S. The van der Waals surface area contributed by atoms with E-state index < -0.39 is 10.4 Å². The molecule has 0 spiro atoms. The molecule has 4 rings (SSSR count). The van der Waals surface area contributed by atoms with Gasteiger partial charge in [-0.3, -0.25) is 14.9 Å². The van der Waals surface area contributed by atoms with Crippen LogP contribution >= 0.6 is 23.4 Å². The van der Waals surface area contributed by atoms with Crippen molar-refractivity contribution in [3.8, 4) is 0 Å². The smallest absolute Gasteiger partial charge is 0.282 e. The van der Waals surface area contributed by atoms with Gasteiger partial charge in [0.25, 0.3) is 5.69 Å². The molecule has 4 aromatic rings. The number of rotatable bonds is 3. The van der Waals surface area contributed by atoms with Crippen molar-refractivity contribution in [1.29, 1.82) is 0 Å². The molecular weight excluding hydrogens is 364 g/mol. The average molecular weight is 373 g/mol. The van der Waals surface area contributed by atoms with Gasteiger partial charge in [-0.15, -0.1) is 0 Å². The molecule has 0 saturated heterocycles. The number of halogens is 1. The highest BCUT2D eigenvalue weighted by Gasteiger charge is 2.18. The standard InChI is InChI=1S/C16H9ClN4O3S/c17-8-1-2-9-10(7-8)20-16(19-9)25-13-4-3-11(21(23)24)14-12(22)5-6-18-15(13)14/h1-7H,(H,18,22)(H,19,20). The van der Waals surface area contributed by atoms with Crippen molar-refractivity contribution in [1.82, 2.24) is 15.0 Å². The molecule has 124 valence electrons. The van der Waals surface area contributed by atoms with Crippen LogP contribution in [0.25, 0.3) is 21.9 Å². The maximum Gasteiger partial charge on any atom is 0.282 e. The Morgan fingerprint density at radius 1 is 1.20 bits per heavy atom. The number of non-ortho nitro benzene ring substituents is 1. The van der Waals surface area contributed by atoms with Crippen LogP contribution in [0, 0.1) is 10.1 Å². The first-order valence-electron chi connectivity index (χ1n) is 7.15. The predicted molar refractivity (Wildman–Crippen MR) is 96.4 cm³/mol. The highest BCUT2D eigenvalue weighted by Crippen LogP contribution is 2.34. The number of fused-ring (bicyclic) bond motifs is 2. The molecule has 2 heterocycles. The third-order valence-corrected chi connectivity index (χ3v) is 4.86. The number of nitrogens with zero attached hydrogens (tertiary/aromatic N) is 2. The zero-order valence-electron chi connectivity index (χ0n) is 12.4. The summed E-state index contributed by atoms with van der Waals surface area (Å²) in [7, 11) is 0. The number of hydrogen-bond acceptors (Lipinski definition) is 5. The van der Waals surface area contributed by atoms with Gasteiger partial charge < -0.3 is 9.97 Å². The first-order chi connectivity index (χ1) is 12.0. The maximum atomic E-state index is 12.1. The fraction of sp³-hybridized carbons (Fsp3) is 0. The van der Waals surface area contributed by atoms with E-state index in [2.05, 4.69) is 15.0 Å². The van der Waals surface area contributed by atoms with Gasteiger partial charge >= 0.3 is 0 Å². The third-order valence-electron chi connectivity index (χ3n) is 3.68. The van der Waals surface area contributed by atoms with Crippen LogP contribution in [0.4, 0.5) is 5.69 Å². The van der Waals surface area contributed by atoms with Crippen molar-refractivity contribution in [3.05, 3.63) is 68.0 Å². The van der Waals surface area contributed by atoms with Gasteiger partial charge in [0, 0.05) is 28.2 Å². The fourth-order valence-electron chi connectivity index (χ4n) is 2.59. The van der Waals surface area contributed by atoms with Crippen LogP contribution in [0.5, 0.6) is 0 Å². The van der Waals surface area contributed by atoms with Crippen LogP contribution in [0.15, 0.2) is 57.4 Å². The van der Waals surface area contributed by atoms with E-state index in [1.807, 2.05) is 6.07 Å². The Labute approximate surface area is 149 Å². The second-order valence-corrected chi connectivity index (χ2v) is 6.70. The predicted octanol–water partition coefficient (Wildman–Crippen LogP) is 4.12. The van der Waals surface area contributed by atoms with Gasteiger partial charge in [0.2, 0.25) is 0 Å². The van der Waals surface area contributed by atoms with E-state index in [9.17, 15) is 14.9 Å². The van der Waals surface area contributed by atoms with E-state index in [0.717, 1.165) is 11.0 Å². The molecule has 0 aliphatic carbocycles. The summed E-state index contributed by atoms with van der Waals surface area (Å²) >= 11 is 7.24. The number of H-pyrrole nitrogens is 2. The Morgan fingerprint density at radius 3 is 2.84 bits per heavy atom. The number of nitrogens with one attached hydrogen (secondary N) is 2. The summed E-state index contributed by atoms with van der Waals surface area (Å²) in [6.07, 6.45) is 1.47. The normalized spacial score (nSPS) is 11.2. The Morgan fingerprint density at radius 2 is 2.04 bits per heavy atom. The molecule has 0 amide bonds. The first-order valence-corrected chi connectivity index (χ1v) is 8.34. The monoisotopic (exact) mass is 372 g/mol. The van der Waals surface area contributed by atoms with Gasteiger partial charge in [-0.2, -0.15) is 0 Å². The van der Waals surface area contributed by atoms with Crippen molar-refractivity contribution in [2.24, 2.45) is 0 Å². The van der Waals surface area contributed by atoms with Crippen molar-refractivity contribution < 1.29 is 4.92 Å². The molecule has 7 nitrogen and oxygen atoms in total. The SMILES string of the molecule is O=c1cc[nH]c2c(Sc3nc4cc(Cl)ccc4[nH]3)ccc([N+](=O)[O-])c12. The minimum absolute atomic E-state index is 0.0525. The molecule has 0 aliphatic heterocycles. The largest absolute Gasteiger partial charge is 0.360 e. The molecule has 0 radical (unpaired) electrons. The molecule has 0 atom stereocenters. The van der Waals surface area contributed by atoms with E-state index in [-0.39, 0.29) is 11.1 Å². The van der Waals surface area contributed by atoms with E-state index in [4.69, 9.17) is 11.6 Å².